The van der Waals surface area contributed by atoms with Gasteiger partial charge in [-0.15, -0.1) is 37.1 Å². The summed E-state index contributed by atoms with van der Waals surface area (Å²) < 4.78 is 10.6. The molecular weight excluding hydrogens is 467 g/mol. The van der Waals surface area contributed by atoms with Crippen LogP contribution < -0.4 is 20.5 Å². The molecule has 0 heterocycles. The number of nitrogens with zero attached hydrogens (tertiary/aromatic N) is 2. The second-order valence-electron chi connectivity index (χ2n) is 6.61. The molecule has 6 nitrogen and oxygen atoms in total. The predicted molar refractivity (Wildman–Crippen MR) is 129 cm³/mol. The van der Waals surface area contributed by atoms with Crippen LogP contribution in [0.1, 0.15) is 19.4 Å². The molecule has 0 aromatic heterocycles. The Morgan fingerprint density at radius 1 is 1.18 bits per heavy atom. The van der Waals surface area contributed by atoms with Crippen molar-refractivity contribution in [1.82, 2.24) is 10.2 Å². The van der Waals surface area contributed by atoms with Gasteiger partial charge in [0.15, 0.2) is 17.5 Å². The van der Waals surface area contributed by atoms with Gasteiger partial charge in [-0.1, -0.05) is 32.1 Å². The van der Waals surface area contributed by atoms with Gasteiger partial charge >= 0.3 is 0 Å². The van der Waals surface area contributed by atoms with Gasteiger partial charge in [-0.2, -0.15) is 0 Å². The number of nitrogens with one attached hydrogen (secondary N) is 1. The summed E-state index contributed by atoms with van der Waals surface area (Å²) in [4.78, 5) is 6.75. The maximum atomic E-state index is 6.07. The molecule has 158 valence electrons. The van der Waals surface area contributed by atoms with Crippen molar-refractivity contribution in [2.24, 2.45) is 16.6 Å². The maximum Gasteiger partial charge on any atom is 0.188 e. The van der Waals surface area contributed by atoms with Crippen LogP contribution in [0.3, 0.4) is 0 Å². The van der Waals surface area contributed by atoms with E-state index in [-0.39, 0.29) is 24.0 Å². The Morgan fingerprint density at radius 3 is 2.29 bits per heavy atom. The standard InChI is InChI=1S/C21H34N4O2.HI/c1-7-11-25(12-8-2)18(16(3)4)15-24-21(22)23-14-17-9-10-19(26-5)20(13-17)27-6;/h7-10,13,16,18H,1-2,11-12,14-15H2,3-6H3,(H3,22,23,24);1H. The average molecular weight is 502 g/mol. The number of methoxy groups -OCH3 is 2. The molecule has 0 fully saturated rings. The van der Waals surface area contributed by atoms with E-state index >= 15 is 0 Å². The third kappa shape index (κ3) is 8.52. The molecule has 0 amide bonds. The maximum absolute atomic E-state index is 6.07. The van der Waals surface area contributed by atoms with E-state index in [0.29, 0.717) is 42.5 Å². The molecule has 1 aromatic carbocycles. The highest BCUT2D eigenvalue weighted by Crippen LogP contribution is 2.27. The molecule has 1 aromatic rings. The molecular formula is C21H35IN4O2. The average Bonchev–Trinajstić information content (AvgIpc) is 2.66. The Kier molecular flexibility index (Phi) is 13.4. The fraction of sp³-hybridized carbons (Fsp3) is 0.476. The Labute approximate surface area is 186 Å². The van der Waals surface area contributed by atoms with Crippen LogP contribution in [-0.2, 0) is 6.54 Å². The van der Waals surface area contributed by atoms with Gasteiger partial charge in [0, 0.05) is 25.7 Å². The smallest absolute Gasteiger partial charge is 0.188 e. The molecule has 1 atom stereocenters. The van der Waals surface area contributed by atoms with Crippen molar-refractivity contribution in [1.29, 1.82) is 0 Å². The van der Waals surface area contributed by atoms with Crippen LogP contribution in [0.4, 0.5) is 0 Å². The zero-order valence-electron chi connectivity index (χ0n) is 17.5. The number of aliphatic imine (C=N–C) groups is 1. The Bertz CT molecular complexity index is 625. The quantitative estimate of drug-likeness (QED) is 0.198. The van der Waals surface area contributed by atoms with E-state index in [2.05, 4.69) is 42.2 Å². The van der Waals surface area contributed by atoms with Gasteiger partial charge in [0.25, 0.3) is 0 Å². The lowest BCUT2D eigenvalue weighted by molar-refractivity contribution is 0.190. The van der Waals surface area contributed by atoms with Crippen molar-refractivity contribution in [2.75, 3.05) is 33.9 Å². The summed E-state index contributed by atoms with van der Waals surface area (Å²) in [5.41, 5.74) is 7.07. The highest BCUT2D eigenvalue weighted by Gasteiger charge is 2.20. The third-order valence-corrected chi connectivity index (χ3v) is 4.34. The lowest BCUT2D eigenvalue weighted by Gasteiger charge is -2.33. The molecule has 28 heavy (non-hydrogen) atoms. The van der Waals surface area contributed by atoms with Gasteiger partial charge in [0.1, 0.15) is 0 Å². The first-order chi connectivity index (χ1) is 13.0. The van der Waals surface area contributed by atoms with E-state index in [9.17, 15) is 0 Å². The summed E-state index contributed by atoms with van der Waals surface area (Å²) in [5, 5.41) is 3.24. The summed E-state index contributed by atoms with van der Waals surface area (Å²) in [7, 11) is 3.23. The first-order valence-corrected chi connectivity index (χ1v) is 9.17. The normalized spacial score (nSPS) is 12.3. The number of rotatable bonds is 12. The van der Waals surface area contributed by atoms with Gasteiger partial charge < -0.3 is 20.5 Å². The second-order valence-corrected chi connectivity index (χ2v) is 6.61. The SMILES string of the molecule is C=CCN(CC=C)C(CNC(N)=NCc1ccc(OC)c(OC)c1)C(C)C.I. The Hall–Kier alpha value is -1.74. The fourth-order valence-electron chi connectivity index (χ4n) is 2.88. The molecule has 1 unspecified atom stereocenters. The van der Waals surface area contributed by atoms with Crippen molar-refractivity contribution in [2.45, 2.75) is 26.4 Å². The lowest BCUT2D eigenvalue weighted by atomic mass is 10.0. The van der Waals surface area contributed by atoms with Gasteiger partial charge in [0.2, 0.25) is 0 Å². The van der Waals surface area contributed by atoms with Crippen molar-refractivity contribution in [3.63, 3.8) is 0 Å². The van der Waals surface area contributed by atoms with E-state index in [4.69, 9.17) is 15.2 Å². The minimum Gasteiger partial charge on any atom is -0.493 e. The van der Waals surface area contributed by atoms with E-state index in [1.807, 2.05) is 30.4 Å². The summed E-state index contributed by atoms with van der Waals surface area (Å²) in [6, 6.07) is 6.02. The second kappa shape index (κ2) is 14.3. The van der Waals surface area contributed by atoms with Crippen molar-refractivity contribution in [3.05, 3.63) is 49.1 Å². The predicted octanol–water partition coefficient (Wildman–Crippen LogP) is 3.42. The number of ether oxygens (including phenoxy) is 2. The van der Waals surface area contributed by atoms with Gasteiger partial charge in [0.05, 0.1) is 20.8 Å². The van der Waals surface area contributed by atoms with Crippen LogP contribution in [0.2, 0.25) is 0 Å². The molecule has 0 aliphatic carbocycles. The number of hydrogen-bond donors (Lipinski definition) is 2. The van der Waals surface area contributed by atoms with Crippen LogP contribution in [0.5, 0.6) is 11.5 Å². The van der Waals surface area contributed by atoms with Gasteiger partial charge in [-0.3, -0.25) is 4.90 Å². The fourth-order valence-corrected chi connectivity index (χ4v) is 2.88. The number of halogens is 1. The molecule has 0 spiro atoms. The number of hydrogen-bond acceptors (Lipinski definition) is 4. The Morgan fingerprint density at radius 2 is 1.79 bits per heavy atom. The molecule has 3 N–H and O–H groups in total. The van der Waals surface area contributed by atoms with Crippen LogP contribution in [0.15, 0.2) is 48.5 Å². The number of nitrogens with two attached hydrogens (primary N) is 1. The lowest BCUT2D eigenvalue weighted by Crippen LogP contribution is -2.48. The largest absolute Gasteiger partial charge is 0.493 e. The molecule has 1 rings (SSSR count). The number of guanidine groups is 1. The van der Waals surface area contributed by atoms with Crippen molar-refractivity contribution >= 4 is 29.9 Å². The van der Waals surface area contributed by atoms with Crippen LogP contribution in [-0.4, -0.2) is 50.8 Å². The minimum atomic E-state index is 0. The molecule has 7 heteroatoms. The summed E-state index contributed by atoms with van der Waals surface area (Å²) in [5.74, 6) is 2.25. The minimum absolute atomic E-state index is 0. The van der Waals surface area contributed by atoms with Crippen LogP contribution in [0, 0.1) is 5.92 Å². The molecule has 0 aliphatic rings. The Balaban J connectivity index is 0.00000729. The molecule has 0 radical (unpaired) electrons. The summed E-state index contributed by atoms with van der Waals surface area (Å²) in [6.07, 6.45) is 3.82. The van der Waals surface area contributed by atoms with E-state index < -0.39 is 0 Å². The highest BCUT2D eigenvalue weighted by atomic mass is 127. The third-order valence-electron chi connectivity index (χ3n) is 4.34. The first kappa shape index (κ1) is 26.3. The molecule has 0 aliphatic heterocycles. The number of benzene rings is 1. The van der Waals surface area contributed by atoms with Crippen molar-refractivity contribution in [3.8, 4) is 11.5 Å². The van der Waals surface area contributed by atoms with Crippen LogP contribution >= 0.6 is 24.0 Å². The van der Waals surface area contributed by atoms with Gasteiger partial charge in [-0.25, -0.2) is 4.99 Å². The van der Waals surface area contributed by atoms with Crippen LogP contribution in [0.25, 0.3) is 0 Å². The summed E-state index contributed by atoms with van der Waals surface area (Å²) in [6.45, 7) is 14.9. The monoisotopic (exact) mass is 502 g/mol. The zero-order valence-corrected chi connectivity index (χ0v) is 19.8. The summed E-state index contributed by atoms with van der Waals surface area (Å²) >= 11 is 0. The first-order valence-electron chi connectivity index (χ1n) is 9.17. The zero-order chi connectivity index (χ0) is 20.2. The molecule has 0 saturated heterocycles. The van der Waals surface area contributed by atoms with Gasteiger partial charge in [-0.05, 0) is 23.6 Å². The molecule has 0 saturated carbocycles. The van der Waals surface area contributed by atoms with E-state index in [0.717, 1.165) is 18.7 Å². The highest BCUT2D eigenvalue weighted by molar-refractivity contribution is 14.0. The topological polar surface area (TPSA) is 72.1 Å². The van der Waals surface area contributed by atoms with E-state index in [1.54, 1.807) is 14.2 Å². The van der Waals surface area contributed by atoms with E-state index in [1.165, 1.54) is 0 Å². The molecule has 0 bridgehead atoms. The van der Waals surface area contributed by atoms with Crippen molar-refractivity contribution < 1.29 is 9.47 Å².